The second-order valence-corrected chi connectivity index (χ2v) is 8.34. The monoisotopic (exact) mass is 325 g/mol. The van der Waals surface area contributed by atoms with E-state index >= 15 is 0 Å². The molecule has 1 atom stereocenters. The summed E-state index contributed by atoms with van der Waals surface area (Å²) in [6, 6.07) is 6.32. The Hall–Kier alpha value is -1.27. The number of rotatable bonds is 7. The molecule has 2 aliphatic heterocycles. The third-order valence-corrected chi connectivity index (χ3v) is 6.58. The fraction of sp³-hybridized carbons (Fsp3) is 0.571. The first-order valence-corrected chi connectivity index (χ1v) is 8.98. The molecular formula is C14H20N3O4P. The lowest BCUT2D eigenvalue weighted by molar-refractivity contribution is -0.384. The largest absolute Gasteiger partial charge is 0.346 e. The average molecular weight is 325 g/mol. The van der Waals surface area contributed by atoms with Gasteiger partial charge >= 0.3 is 7.67 Å². The van der Waals surface area contributed by atoms with Gasteiger partial charge in [-0.15, -0.1) is 0 Å². The highest BCUT2D eigenvalue weighted by Gasteiger charge is 2.50. The minimum absolute atomic E-state index is 0.0475. The van der Waals surface area contributed by atoms with Crippen LogP contribution < -0.4 is 0 Å². The van der Waals surface area contributed by atoms with Gasteiger partial charge in [0.2, 0.25) is 0 Å². The Kier molecular flexibility index (Phi) is 4.07. The number of nitrogens with zero attached hydrogens (tertiary/aromatic N) is 3. The predicted octanol–water partition coefficient (Wildman–Crippen LogP) is 3.05. The molecule has 1 aromatic rings. The van der Waals surface area contributed by atoms with Gasteiger partial charge in [0.15, 0.2) is 0 Å². The van der Waals surface area contributed by atoms with Crippen molar-refractivity contribution in [1.82, 2.24) is 9.34 Å². The van der Waals surface area contributed by atoms with Crippen molar-refractivity contribution in [2.24, 2.45) is 5.92 Å². The van der Waals surface area contributed by atoms with E-state index in [1.807, 2.05) is 23.2 Å². The zero-order chi connectivity index (χ0) is 15.9. The molecule has 2 saturated heterocycles. The van der Waals surface area contributed by atoms with Gasteiger partial charge in [-0.25, -0.2) is 9.34 Å². The minimum Gasteiger partial charge on any atom is -0.297 e. The highest BCUT2D eigenvalue weighted by Crippen LogP contribution is 2.63. The second kappa shape index (κ2) is 5.74. The zero-order valence-corrected chi connectivity index (χ0v) is 13.6. The van der Waals surface area contributed by atoms with Gasteiger partial charge in [0.05, 0.1) is 11.0 Å². The Bertz CT molecular complexity index is 595. The van der Waals surface area contributed by atoms with Crippen LogP contribution in [0.25, 0.3) is 0 Å². The minimum atomic E-state index is -2.91. The van der Waals surface area contributed by atoms with Crippen LogP contribution in [0.5, 0.6) is 0 Å². The molecule has 0 aliphatic carbocycles. The standard InChI is InChI=1S/C14H20N3O4P/c1-11(2)14(12-3-5-13(6-4-12)17(18)19)21-22(20,15-7-8-15)16-9-10-16/h3-6,11,14H,7-10H2,1-2H3. The van der Waals surface area contributed by atoms with Gasteiger partial charge in [0, 0.05) is 38.3 Å². The van der Waals surface area contributed by atoms with Crippen molar-refractivity contribution in [3.8, 4) is 0 Å². The first-order chi connectivity index (χ1) is 10.4. The maximum atomic E-state index is 13.1. The lowest BCUT2D eigenvalue weighted by Crippen LogP contribution is -2.16. The van der Waals surface area contributed by atoms with Gasteiger partial charge in [0.1, 0.15) is 0 Å². The molecule has 0 aromatic heterocycles. The first kappa shape index (κ1) is 15.6. The topological polar surface area (TPSA) is 75.5 Å². The van der Waals surface area contributed by atoms with Gasteiger partial charge in [-0.3, -0.25) is 19.2 Å². The molecule has 22 heavy (non-hydrogen) atoms. The molecule has 1 unspecified atom stereocenters. The molecule has 8 heteroatoms. The highest BCUT2D eigenvalue weighted by molar-refractivity contribution is 7.54. The van der Waals surface area contributed by atoms with Crippen molar-refractivity contribution in [3.63, 3.8) is 0 Å². The molecule has 7 nitrogen and oxygen atoms in total. The van der Waals surface area contributed by atoms with Crippen molar-refractivity contribution in [1.29, 1.82) is 0 Å². The third-order valence-electron chi connectivity index (χ3n) is 3.85. The molecule has 2 fully saturated rings. The summed E-state index contributed by atoms with van der Waals surface area (Å²) in [4.78, 5) is 10.3. The summed E-state index contributed by atoms with van der Waals surface area (Å²) in [6.45, 7) is 7.22. The van der Waals surface area contributed by atoms with Crippen LogP contribution in [0.15, 0.2) is 24.3 Å². The third kappa shape index (κ3) is 3.08. The Morgan fingerprint density at radius 2 is 1.64 bits per heavy atom. The molecule has 0 amide bonds. The van der Waals surface area contributed by atoms with E-state index in [4.69, 9.17) is 4.52 Å². The summed E-state index contributed by atoms with van der Waals surface area (Å²) in [5.41, 5.74) is 0.871. The molecule has 0 radical (unpaired) electrons. The van der Waals surface area contributed by atoms with E-state index in [1.165, 1.54) is 12.1 Å². The number of hydrogen-bond acceptors (Lipinski definition) is 4. The van der Waals surface area contributed by atoms with Crippen LogP contribution in [0.1, 0.15) is 25.5 Å². The van der Waals surface area contributed by atoms with E-state index in [0.29, 0.717) is 0 Å². The van der Waals surface area contributed by atoms with E-state index in [0.717, 1.165) is 31.7 Å². The maximum absolute atomic E-state index is 13.1. The lowest BCUT2D eigenvalue weighted by Gasteiger charge is -2.28. The van der Waals surface area contributed by atoms with Crippen LogP contribution in [0.2, 0.25) is 0 Å². The maximum Gasteiger partial charge on any atom is 0.346 e. The van der Waals surface area contributed by atoms with E-state index in [9.17, 15) is 14.7 Å². The van der Waals surface area contributed by atoms with Crippen molar-refractivity contribution in [2.45, 2.75) is 20.0 Å². The molecule has 0 N–H and O–H groups in total. The number of hydrogen-bond donors (Lipinski definition) is 0. The highest BCUT2D eigenvalue weighted by atomic mass is 31.2. The quantitative estimate of drug-likeness (QED) is 0.332. The molecule has 3 rings (SSSR count). The van der Waals surface area contributed by atoms with E-state index in [1.54, 1.807) is 12.1 Å². The van der Waals surface area contributed by atoms with E-state index < -0.39 is 12.6 Å². The van der Waals surface area contributed by atoms with Crippen LogP contribution in [-0.2, 0) is 9.09 Å². The van der Waals surface area contributed by atoms with Crippen molar-refractivity contribution in [3.05, 3.63) is 39.9 Å². The lowest BCUT2D eigenvalue weighted by atomic mass is 9.99. The Morgan fingerprint density at radius 1 is 1.14 bits per heavy atom. The Labute approximate surface area is 129 Å². The summed E-state index contributed by atoms with van der Waals surface area (Å²) in [7, 11) is -2.91. The van der Waals surface area contributed by atoms with Crippen molar-refractivity contribution < 1.29 is 14.0 Å². The predicted molar refractivity (Wildman–Crippen MR) is 82.5 cm³/mol. The molecule has 120 valence electrons. The average Bonchev–Trinajstić information content (AvgIpc) is 3.36. The number of nitro groups is 1. The molecule has 1 aromatic carbocycles. The Balaban J connectivity index is 1.83. The van der Waals surface area contributed by atoms with E-state index in [2.05, 4.69) is 0 Å². The first-order valence-electron chi connectivity index (χ1n) is 7.45. The SMILES string of the molecule is CC(C)C(OP(=O)(N1CC1)N1CC1)c1ccc([N+](=O)[O-])cc1. The van der Waals surface area contributed by atoms with Gasteiger partial charge in [0.25, 0.3) is 5.69 Å². The fourth-order valence-electron chi connectivity index (χ4n) is 2.41. The summed E-state index contributed by atoms with van der Waals surface area (Å²) in [5.74, 6) is 0.120. The van der Waals surface area contributed by atoms with Crippen molar-refractivity contribution >= 4 is 13.4 Å². The molecular weight excluding hydrogens is 305 g/mol. The molecule has 0 spiro atoms. The number of non-ortho nitro benzene ring substituents is 1. The molecule has 2 heterocycles. The van der Waals surface area contributed by atoms with Crippen LogP contribution in [0, 0.1) is 16.0 Å². The van der Waals surface area contributed by atoms with Crippen LogP contribution in [0.4, 0.5) is 5.69 Å². The molecule has 2 aliphatic rings. The summed E-state index contributed by atoms with van der Waals surface area (Å²) in [5, 5.41) is 10.8. The van der Waals surface area contributed by atoms with Crippen LogP contribution in [-0.4, -0.2) is 40.4 Å². The van der Waals surface area contributed by atoms with Gasteiger partial charge in [-0.1, -0.05) is 13.8 Å². The smallest absolute Gasteiger partial charge is 0.297 e. The van der Waals surface area contributed by atoms with Gasteiger partial charge in [-0.05, 0) is 23.6 Å². The summed E-state index contributed by atoms with van der Waals surface area (Å²) < 4.78 is 22.9. The molecule has 0 saturated carbocycles. The van der Waals surface area contributed by atoms with E-state index in [-0.39, 0.29) is 17.7 Å². The number of nitro benzene ring substituents is 1. The molecule has 0 bridgehead atoms. The summed E-state index contributed by atoms with van der Waals surface area (Å²) >= 11 is 0. The van der Waals surface area contributed by atoms with Crippen LogP contribution >= 0.6 is 7.67 Å². The normalized spacial score (nSPS) is 20.1. The fourth-order valence-corrected chi connectivity index (χ4v) is 4.88. The van der Waals surface area contributed by atoms with Crippen LogP contribution in [0.3, 0.4) is 0 Å². The van der Waals surface area contributed by atoms with Gasteiger partial charge < -0.3 is 0 Å². The number of benzene rings is 1. The zero-order valence-electron chi connectivity index (χ0n) is 12.7. The Morgan fingerprint density at radius 3 is 2.00 bits per heavy atom. The second-order valence-electron chi connectivity index (χ2n) is 6.02. The summed E-state index contributed by atoms with van der Waals surface area (Å²) in [6.07, 6.45) is -0.340. The van der Waals surface area contributed by atoms with Gasteiger partial charge in [-0.2, -0.15) is 0 Å². The van der Waals surface area contributed by atoms with Crippen molar-refractivity contribution in [2.75, 3.05) is 26.2 Å².